The minimum absolute atomic E-state index is 0. The second kappa shape index (κ2) is 24.4. The number of hydrogen-bond donors (Lipinski definition) is 4. The van der Waals surface area contributed by atoms with Gasteiger partial charge in [0.25, 0.3) is 5.91 Å². The van der Waals surface area contributed by atoms with Crippen molar-refractivity contribution in [2.45, 2.75) is 134 Å². The Morgan fingerprint density at radius 2 is 1.43 bits per heavy atom. The molecule has 3 fully saturated rings. The van der Waals surface area contributed by atoms with Gasteiger partial charge in [-0.15, -0.1) is 12.4 Å². The number of carbonyl (C=O) groups is 8. The van der Waals surface area contributed by atoms with E-state index in [0.717, 1.165) is 20.4 Å². The first-order valence-corrected chi connectivity index (χ1v) is 25.6. The number of ether oxygens (including phenoxy) is 6. The summed E-state index contributed by atoms with van der Waals surface area (Å²) in [7, 11) is 3.84. The quantitative estimate of drug-likeness (QED) is 0.0536. The highest BCUT2D eigenvalue weighted by molar-refractivity contribution is 5.96. The van der Waals surface area contributed by atoms with Crippen LogP contribution in [0.15, 0.2) is 102 Å². The zero-order chi connectivity index (χ0) is 55.3. The number of esters is 5. The third-order valence-electron chi connectivity index (χ3n) is 15.6. The van der Waals surface area contributed by atoms with Gasteiger partial charge in [0.15, 0.2) is 17.5 Å². The molecule has 2 amide bonds. The Hall–Kier alpha value is -6.51. The summed E-state index contributed by atoms with van der Waals surface area (Å²) in [5, 5.41) is 31.9. The van der Waals surface area contributed by atoms with E-state index in [2.05, 4.69) is 10.6 Å². The van der Waals surface area contributed by atoms with Crippen molar-refractivity contribution in [3.63, 3.8) is 0 Å². The van der Waals surface area contributed by atoms with Gasteiger partial charge in [0, 0.05) is 57.1 Å². The molecule has 0 spiro atoms. The summed E-state index contributed by atoms with van der Waals surface area (Å²) in [5.74, 6) is -8.30. The fourth-order valence-electron chi connectivity index (χ4n) is 11.6. The maximum atomic E-state index is 15.8. The summed E-state index contributed by atoms with van der Waals surface area (Å²) in [4.78, 5) is 115. The molecule has 0 aromatic heterocycles. The number of fused-ring (bicyclic) bond motifs is 5. The Bertz CT molecular complexity index is 2700. The monoisotopic (exact) mass is 1090 g/mol. The van der Waals surface area contributed by atoms with Gasteiger partial charge in [-0.1, -0.05) is 80.6 Å². The first-order valence-electron chi connectivity index (χ1n) is 25.6. The van der Waals surface area contributed by atoms with Crippen molar-refractivity contribution in [1.82, 2.24) is 15.5 Å². The number of aliphatic hydroxyl groups is 2. The van der Waals surface area contributed by atoms with E-state index in [1.54, 1.807) is 92.7 Å². The van der Waals surface area contributed by atoms with Gasteiger partial charge in [-0.2, -0.15) is 0 Å². The summed E-state index contributed by atoms with van der Waals surface area (Å²) >= 11 is 0. The van der Waals surface area contributed by atoms with E-state index < -0.39 is 119 Å². The molecule has 4 unspecified atom stereocenters. The average Bonchev–Trinajstić information content (AvgIpc) is 3.48. The molecule has 11 atom stereocenters. The Balaban J connectivity index is 0.00000961. The number of benzene rings is 3. The van der Waals surface area contributed by atoms with Gasteiger partial charge in [0.2, 0.25) is 12.0 Å². The van der Waals surface area contributed by atoms with Gasteiger partial charge in [-0.05, 0) is 88.3 Å². The van der Waals surface area contributed by atoms with Gasteiger partial charge < -0.3 is 54.2 Å². The minimum Gasteiger partial charge on any atom is -0.455 e. The van der Waals surface area contributed by atoms with Crippen LogP contribution in [0, 0.1) is 16.7 Å². The summed E-state index contributed by atoms with van der Waals surface area (Å²) in [5.41, 5.74) is -7.53. The number of carbonyl (C=O) groups excluding carboxylic acids is 8. The van der Waals surface area contributed by atoms with Crippen LogP contribution in [0.4, 0.5) is 0 Å². The van der Waals surface area contributed by atoms with E-state index in [1.807, 2.05) is 19.0 Å². The standard InChI is InChI=1S/C57H69N3O16.ClH/c1-33-39(73-53(69)47(74-43(65)27-18-26-42(64)58-28-19-29-60(7)8)45(36-20-12-9-13-21-36)59-51(67)37-22-14-10-15-23-37)31-57(70)50(75-52(68)38-24-16-11-17-25-38)48-55(6,40(63)30-41-56(48,32-71-41)76-35(3)62)49(66)46(72-34(2)61)44(33)54(57,4)5;/h9-17,20-25,39-41,45-48,50,63,70H,18-19,26-32H2,1-8H3,(H,58,64)(H,59,67);1H/t39?,40-,41+,45?,46?,47?,48-,50-,55+,56-,57+;/m0./s1. The van der Waals surface area contributed by atoms with E-state index in [-0.39, 0.29) is 72.9 Å². The van der Waals surface area contributed by atoms with Crippen molar-refractivity contribution < 1.29 is 77.0 Å². The lowest BCUT2D eigenvalue weighted by molar-refractivity contribution is -0.346. The topological polar surface area (TPSA) is 260 Å². The molecule has 1 heterocycles. The van der Waals surface area contributed by atoms with Crippen LogP contribution in [0.3, 0.4) is 0 Å². The van der Waals surface area contributed by atoms with Gasteiger partial charge in [-0.3, -0.25) is 28.8 Å². The van der Waals surface area contributed by atoms with Gasteiger partial charge in [-0.25, -0.2) is 9.59 Å². The Morgan fingerprint density at radius 1 is 0.818 bits per heavy atom. The Morgan fingerprint density at radius 3 is 2.00 bits per heavy atom. The van der Waals surface area contributed by atoms with Crippen LogP contribution in [0.2, 0.25) is 0 Å². The molecule has 77 heavy (non-hydrogen) atoms. The third-order valence-corrected chi connectivity index (χ3v) is 15.6. The lowest BCUT2D eigenvalue weighted by Crippen LogP contribution is -2.82. The highest BCUT2D eigenvalue weighted by Gasteiger charge is 2.78. The summed E-state index contributed by atoms with van der Waals surface area (Å²) in [6, 6.07) is 22.7. The maximum Gasteiger partial charge on any atom is 0.350 e. The highest BCUT2D eigenvalue weighted by atomic mass is 35.5. The molecule has 3 aromatic rings. The largest absolute Gasteiger partial charge is 0.455 e. The van der Waals surface area contributed by atoms with Gasteiger partial charge in [0.1, 0.15) is 30.0 Å². The van der Waals surface area contributed by atoms with Crippen molar-refractivity contribution in [3.8, 4) is 0 Å². The summed E-state index contributed by atoms with van der Waals surface area (Å²) in [6.45, 7) is 9.04. The van der Waals surface area contributed by atoms with Crippen molar-refractivity contribution >= 4 is 59.9 Å². The third kappa shape index (κ3) is 12.1. The molecule has 7 rings (SSSR count). The zero-order valence-electron chi connectivity index (χ0n) is 44.6. The van der Waals surface area contributed by atoms with E-state index in [0.29, 0.717) is 18.5 Å². The number of ketones is 1. The molecule has 1 aliphatic heterocycles. The molecule has 4 N–H and O–H groups in total. The predicted molar refractivity (Wildman–Crippen MR) is 279 cm³/mol. The second-order valence-electron chi connectivity index (χ2n) is 21.2. The van der Waals surface area contributed by atoms with Crippen LogP contribution in [-0.4, -0.2) is 144 Å². The Labute approximate surface area is 454 Å². The van der Waals surface area contributed by atoms with Crippen LogP contribution in [0.5, 0.6) is 0 Å². The molecule has 1 saturated heterocycles. The lowest BCUT2D eigenvalue weighted by Gasteiger charge is -2.67. The van der Waals surface area contributed by atoms with E-state index in [1.165, 1.54) is 26.0 Å². The van der Waals surface area contributed by atoms with Crippen LogP contribution >= 0.6 is 12.4 Å². The second-order valence-corrected chi connectivity index (χ2v) is 21.2. The van der Waals surface area contributed by atoms with E-state index in [4.69, 9.17) is 28.4 Å². The minimum atomic E-state index is -2.48. The number of halogens is 1. The normalized spacial score (nSPS) is 27.7. The van der Waals surface area contributed by atoms with E-state index in [9.17, 15) is 39.0 Å². The van der Waals surface area contributed by atoms with E-state index >= 15 is 9.59 Å². The highest BCUT2D eigenvalue weighted by Crippen LogP contribution is 2.64. The van der Waals surface area contributed by atoms with Crippen LogP contribution < -0.4 is 10.6 Å². The van der Waals surface area contributed by atoms with Crippen molar-refractivity contribution in [1.29, 1.82) is 0 Å². The average molecular weight is 1090 g/mol. The molecular weight excluding hydrogens is 1020 g/mol. The molecule has 2 saturated carbocycles. The first-order chi connectivity index (χ1) is 36.0. The number of aliphatic hydroxyl groups excluding tert-OH is 1. The van der Waals surface area contributed by atoms with Gasteiger partial charge >= 0.3 is 29.8 Å². The molecule has 2 bridgehead atoms. The number of Topliss-reactive ketones (excluding diaryl/α,β-unsaturated/α-hetero) is 1. The fraction of sp³-hybridized carbons (Fsp3) is 0.509. The molecule has 416 valence electrons. The van der Waals surface area contributed by atoms with Crippen molar-refractivity contribution in [3.05, 3.63) is 119 Å². The molecular formula is C57H70ClN3O16. The molecule has 19 nitrogen and oxygen atoms in total. The van der Waals surface area contributed by atoms with Crippen LogP contribution in [-0.2, 0) is 57.2 Å². The number of nitrogens with one attached hydrogen (secondary N) is 2. The smallest absolute Gasteiger partial charge is 0.350 e. The lowest BCUT2D eigenvalue weighted by atomic mass is 9.44. The van der Waals surface area contributed by atoms with Crippen LogP contribution in [0.25, 0.3) is 0 Å². The molecule has 3 aromatic carbocycles. The summed E-state index contributed by atoms with van der Waals surface area (Å²) < 4.78 is 36.9. The molecule has 0 radical (unpaired) electrons. The number of nitrogens with zero attached hydrogens (tertiary/aromatic N) is 1. The first kappa shape index (κ1) is 59.7. The fourth-order valence-corrected chi connectivity index (χ4v) is 11.6. The predicted octanol–water partition coefficient (Wildman–Crippen LogP) is 4.95. The van der Waals surface area contributed by atoms with Crippen molar-refractivity contribution in [2.24, 2.45) is 16.7 Å². The molecule has 20 heteroatoms. The van der Waals surface area contributed by atoms with Gasteiger partial charge in [0.05, 0.1) is 29.6 Å². The van der Waals surface area contributed by atoms with Crippen molar-refractivity contribution in [2.75, 3.05) is 33.8 Å². The number of amides is 2. The maximum absolute atomic E-state index is 15.8. The van der Waals surface area contributed by atoms with Crippen LogP contribution in [0.1, 0.15) is 112 Å². The Kier molecular flexibility index (Phi) is 19.0. The zero-order valence-corrected chi connectivity index (χ0v) is 45.4. The molecule has 3 aliphatic carbocycles. The summed E-state index contributed by atoms with van der Waals surface area (Å²) in [6.07, 6.45) is -10.5. The number of rotatable bonds is 19. The molecule has 4 aliphatic rings. The SMILES string of the molecule is CC(=O)OC1C(=O)[C@@]2(C)[C@H]([C@H](OC(=O)c3ccccc3)[C@]3(O)CC(OC(=O)C(OC(=O)CCCC(=O)NCCCN(C)C)C(NC(=O)c4ccccc4)c4ccccc4)C(C)=C1C3(C)C)[C@]1(OC(C)=O)CO[C@@H]1C[C@@H]2O.Cl. The number of hydrogen-bond acceptors (Lipinski definition) is 17.